The second kappa shape index (κ2) is 4.52. The molecule has 8 heteroatoms. The van der Waals surface area contributed by atoms with Gasteiger partial charge in [0, 0.05) is 0 Å². The number of aryl methyl sites for hydroxylation is 1. The van der Waals surface area contributed by atoms with Gasteiger partial charge in [0.15, 0.2) is 0 Å². The molecule has 0 aliphatic carbocycles. The average molecular weight is 248 g/mol. The highest BCUT2D eigenvalue weighted by Gasteiger charge is 2.24. The molecule has 1 rings (SSSR count). The van der Waals surface area contributed by atoms with Crippen molar-refractivity contribution in [2.45, 2.75) is 13.3 Å². The minimum Gasteiger partial charge on any atom is -0.465 e. The zero-order chi connectivity index (χ0) is 12.3. The lowest BCUT2D eigenvalue weighted by molar-refractivity contribution is 0.0600. The van der Waals surface area contributed by atoms with E-state index >= 15 is 0 Å². The van der Waals surface area contributed by atoms with Crippen LogP contribution in [0.2, 0.25) is 0 Å². The first-order valence-electron chi connectivity index (χ1n) is 4.43. The molecule has 0 saturated carbocycles. The van der Waals surface area contributed by atoms with Crippen molar-refractivity contribution in [3.63, 3.8) is 0 Å². The Kier molecular flexibility index (Phi) is 3.53. The number of carbonyl (C=O) groups is 1. The monoisotopic (exact) mass is 248 g/mol. The lowest BCUT2D eigenvalue weighted by atomic mass is 10.2. The number of nitrogens with one attached hydrogen (secondary N) is 1. The van der Waals surface area contributed by atoms with Crippen LogP contribution in [0, 0.1) is 0 Å². The van der Waals surface area contributed by atoms with Crippen molar-refractivity contribution in [1.82, 2.24) is 5.16 Å². The van der Waals surface area contributed by atoms with Crippen LogP contribution in [0.25, 0.3) is 0 Å². The minimum absolute atomic E-state index is 0.00965. The number of hydrogen-bond acceptors (Lipinski definition) is 6. The number of esters is 1. The summed E-state index contributed by atoms with van der Waals surface area (Å²) in [4.78, 5) is 11.4. The van der Waals surface area contributed by atoms with Crippen molar-refractivity contribution in [3.05, 3.63) is 11.3 Å². The van der Waals surface area contributed by atoms with Crippen molar-refractivity contribution < 1.29 is 22.5 Å². The maximum atomic E-state index is 11.4. The molecule has 1 heterocycles. The number of ether oxygens (including phenoxy) is 1. The highest BCUT2D eigenvalue weighted by molar-refractivity contribution is 7.92. The van der Waals surface area contributed by atoms with E-state index in [2.05, 4.69) is 14.6 Å². The molecule has 0 aliphatic heterocycles. The van der Waals surface area contributed by atoms with Gasteiger partial charge in [-0.3, -0.25) is 4.72 Å². The van der Waals surface area contributed by atoms with E-state index in [9.17, 15) is 13.2 Å². The summed E-state index contributed by atoms with van der Waals surface area (Å²) in [5, 5.41) is 3.59. The van der Waals surface area contributed by atoms with Crippen LogP contribution in [0.5, 0.6) is 0 Å². The number of anilines is 1. The van der Waals surface area contributed by atoms with E-state index in [1.807, 2.05) is 0 Å². The Morgan fingerprint density at radius 2 is 2.19 bits per heavy atom. The normalized spacial score (nSPS) is 11.2. The maximum absolute atomic E-state index is 11.4. The van der Waals surface area contributed by atoms with Gasteiger partial charge in [-0.2, -0.15) is 0 Å². The zero-order valence-corrected chi connectivity index (χ0v) is 9.92. The summed E-state index contributed by atoms with van der Waals surface area (Å²) in [6, 6.07) is 0. The molecule has 0 bridgehead atoms. The summed E-state index contributed by atoms with van der Waals surface area (Å²) in [6.45, 7) is 1.76. The number of hydrogen-bond donors (Lipinski definition) is 1. The standard InChI is InChI=1S/C8H12N2O5S/c1-4-5-6(8(11)14-2)7(15-9-5)10-16(3,12)13/h10H,4H2,1-3H3. The molecule has 16 heavy (non-hydrogen) atoms. The number of rotatable bonds is 4. The molecule has 0 unspecified atom stereocenters. The molecule has 0 amide bonds. The molecular formula is C8H12N2O5S. The van der Waals surface area contributed by atoms with Crippen LogP contribution in [0.4, 0.5) is 5.88 Å². The summed E-state index contributed by atoms with van der Waals surface area (Å²) in [5.41, 5.74) is 0.355. The molecule has 0 fully saturated rings. The maximum Gasteiger partial charge on any atom is 0.345 e. The molecule has 0 aliphatic rings. The highest BCUT2D eigenvalue weighted by atomic mass is 32.2. The molecule has 1 aromatic rings. The van der Waals surface area contributed by atoms with E-state index in [-0.39, 0.29) is 11.4 Å². The lowest BCUT2D eigenvalue weighted by Crippen LogP contribution is -2.13. The molecule has 0 spiro atoms. The van der Waals surface area contributed by atoms with Crippen molar-refractivity contribution in [2.24, 2.45) is 0 Å². The van der Waals surface area contributed by atoms with E-state index in [1.54, 1.807) is 6.92 Å². The minimum atomic E-state index is -3.53. The van der Waals surface area contributed by atoms with Gasteiger partial charge in [0.2, 0.25) is 10.0 Å². The largest absolute Gasteiger partial charge is 0.465 e. The Bertz CT molecular complexity index is 491. The van der Waals surface area contributed by atoms with E-state index in [1.165, 1.54) is 7.11 Å². The Morgan fingerprint density at radius 1 is 1.56 bits per heavy atom. The molecule has 1 aromatic heterocycles. The van der Waals surface area contributed by atoms with Gasteiger partial charge < -0.3 is 9.26 Å². The van der Waals surface area contributed by atoms with Crippen LogP contribution < -0.4 is 4.72 Å². The average Bonchev–Trinajstić information content (AvgIpc) is 2.57. The third kappa shape index (κ3) is 2.72. The third-order valence-electron chi connectivity index (χ3n) is 1.77. The summed E-state index contributed by atoms with van der Waals surface area (Å²) >= 11 is 0. The molecule has 0 atom stereocenters. The van der Waals surface area contributed by atoms with Gasteiger partial charge in [0.1, 0.15) is 11.3 Å². The molecule has 90 valence electrons. The Morgan fingerprint density at radius 3 is 2.62 bits per heavy atom. The number of aromatic nitrogens is 1. The number of methoxy groups -OCH3 is 1. The topological polar surface area (TPSA) is 98.5 Å². The van der Waals surface area contributed by atoms with Crippen LogP contribution >= 0.6 is 0 Å². The first-order chi connectivity index (χ1) is 7.39. The molecular weight excluding hydrogens is 236 g/mol. The summed E-state index contributed by atoms with van der Waals surface area (Å²) < 4.78 is 33.3. The van der Waals surface area contributed by atoms with Crippen LogP contribution in [-0.4, -0.2) is 32.9 Å². The Balaban J connectivity index is 3.20. The zero-order valence-electron chi connectivity index (χ0n) is 9.10. The van der Waals surface area contributed by atoms with Gasteiger partial charge in [-0.15, -0.1) is 0 Å². The third-order valence-corrected chi connectivity index (χ3v) is 2.32. The smallest absolute Gasteiger partial charge is 0.345 e. The lowest BCUT2D eigenvalue weighted by Gasteiger charge is -2.01. The Labute approximate surface area is 92.8 Å². The van der Waals surface area contributed by atoms with Gasteiger partial charge in [-0.05, 0) is 6.42 Å². The van der Waals surface area contributed by atoms with Gasteiger partial charge >= 0.3 is 5.97 Å². The second-order valence-corrected chi connectivity index (χ2v) is 4.80. The predicted molar refractivity (Wildman–Crippen MR) is 55.7 cm³/mol. The van der Waals surface area contributed by atoms with Crippen molar-refractivity contribution in [3.8, 4) is 0 Å². The van der Waals surface area contributed by atoms with Crippen LogP contribution in [0.1, 0.15) is 23.0 Å². The van der Waals surface area contributed by atoms with Gasteiger partial charge in [0.05, 0.1) is 13.4 Å². The van der Waals surface area contributed by atoms with Gasteiger partial charge in [-0.1, -0.05) is 12.1 Å². The van der Waals surface area contributed by atoms with Crippen molar-refractivity contribution >= 4 is 21.9 Å². The SMILES string of the molecule is CCc1noc(NS(C)(=O)=O)c1C(=O)OC. The first kappa shape index (κ1) is 12.5. The highest BCUT2D eigenvalue weighted by Crippen LogP contribution is 2.21. The second-order valence-electron chi connectivity index (χ2n) is 3.05. The molecule has 7 nitrogen and oxygen atoms in total. The number of sulfonamides is 1. The number of nitrogens with zero attached hydrogens (tertiary/aromatic N) is 1. The Hall–Kier alpha value is -1.57. The van der Waals surface area contributed by atoms with Crippen LogP contribution in [-0.2, 0) is 21.2 Å². The molecule has 0 radical (unpaired) electrons. The van der Waals surface area contributed by atoms with Crippen molar-refractivity contribution in [2.75, 3.05) is 18.1 Å². The van der Waals surface area contributed by atoms with Crippen molar-refractivity contribution in [1.29, 1.82) is 0 Å². The van der Waals surface area contributed by atoms with Crippen LogP contribution in [0.15, 0.2) is 4.52 Å². The summed E-state index contributed by atoms with van der Waals surface area (Å²) in [5.74, 6) is -0.907. The van der Waals surface area contributed by atoms with Gasteiger partial charge in [-0.25, -0.2) is 13.2 Å². The summed E-state index contributed by atoms with van der Waals surface area (Å²) in [6.07, 6.45) is 1.38. The fourth-order valence-corrected chi connectivity index (χ4v) is 1.59. The quantitative estimate of drug-likeness (QED) is 0.774. The first-order valence-corrected chi connectivity index (χ1v) is 6.32. The number of carbonyl (C=O) groups excluding carboxylic acids is 1. The van der Waals surface area contributed by atoms with E-state index in [0.717, 1.165) is 6.26 Å². The summed E-state index contributed by atoms with van der Waals surface area (Å²) in [7, 11) is -2.33. The molecule has 0 aromatic carbocycles. The molecule has 0 saturated heterocycles. The van der Waals surface area contributed by atoms with E-state index < -0.39 is 16.0 Å². The van der Waals surface area contributed by atoms with E-state index in [4.69, 9.17) is 4.52 Å². The van der Waals surface area contributed by atoms with Crippen LogP contribution in [0.3, 0.4) is 0 Å². The predicted octanol–water partition coefficient (Wildman–Crippen LogP) is 0.395. The van der Waals surface area contributed by atoms with E-state index in [0.29, 0.717) is 12.1 Å². The fourth-order valence-electron chi connectivity index (χ4n) is 1.12. The fraction of sp³-hybridized carbons (Fsp3) is 0.500. The molecule has 1 N–H and O–H groups in total. The van der Waals surface area contributed by atoms with Gasteiger partial charge in [0.25, 0.3) is 5.88 Å².